The number of nitrogens with two attached hydrogens (primary N) is 1. The Morgan fingerprint density at radius 2 is 1.83 bits per heavy atom. The van der Waals surface area contributed by atoms with E-state index in [1.54, 1.807) is 6.07 Å². The number of carboxylic acids is 1. The van der Waals surface area contributed by atoms with Gasteiger partial charge in [-0.3, -0.25) is 4.79 Å². The lowest BCUT2D eigenvalue weighted by molar-refractivity contribution is 0.0691. The Labute approximate surface area is 106 Å². The Balaban J connectivity index is 2.48. The number of carbonyl (C=O) groups is 2. The van der Waals surface area contributed by atoms with Gasteiger partial charge in [-0.25, -0.2) is 4.79 Å². The summed E-state index contributed by atoms with van der Waals surface area (Å²) in [7, 11) is 0. The largest absolute Gasteiger partial charge is 0.478 e. The Hall–Kier alpha value is -1.84. The average Bonchev–Trinajstić information content (AvgIpc) is 2.38. The topological polar surface area (TPSA) is 80.4 Å². The van der Waals surface area contributed by atoms with Crippen LogP contribution in [0.15, 0.2) is 18.2 Å². The van der Waals surface area contributed by atoms with Gasteiger partial charge in [0.2, 0.25) is 5.91 Å². The normalized spacial score (nSPS) is 16.4. The second-order valence-corrected chi connectivity index (χ2v) is 4.77. The van der Waals surface area contributed by atoms with Crippen LogP contribution in [0.3, 0.4) is 0 Å². The summed E-state index contributed by atoms with van der Waals surface area (Å²) in [4.78, 5) is 22.7. The first-order valence-electron chi connectivity index (χ1n) is 6.27. The fourth-order valence-corrected chi connectivity index (χ4v) is 2.78. The van der Waals surface area contributed by atoms with E-state index >= 15 is 0 Å². The van der Waals surface area contributed by atoms with Gasteiger partial charge in [0.1, 0.15) is 0 Å². The fraction of sp³-hybridized carbons (Fsp3) is 0.429. The van der Waals surface area contributed by atoms with E-state index in [4.69, 9.17) is 10.8 Å². The van der Waals surface area contributed by atoms with Gasteiger partial charge in [0.15, 0.2) is 0 Å². The van der Waals surface area contributed by atoms with Crippen LogP contribution in [0.2, 0.25) is 0 Å². The van der Waals surface area contributed by atoms with Gasteiger partial charge < -0.3 is 10.8 Å². The molecule has 1 aromatic carbocycles. The highest BCUT2D eigenvalue weighted by Gasteiger charge is 2.24. The van der Waals surface area contributed by atoms with Crippen molar-refractivity contribution in [2.75, 3.05) is 0 Å². The quantitative estimate of drug-likeness (QED) is 0.861. The SMILES string of the molecule is NC(=O)c1c(C(=O)O)cccc1C1CCCCC1. The smallest absolute Gasteiger partial charge is 0.336 e. The monoisotopic (exact) mass is 247 g/mol. The molecule has 4 heteroatoms. The van der Waals surface area contributed by atoms with Crippen LogP contribution in [0.4, 0.5) is 0 Å². The number of rotatable bonds is 3. The summed E-state index contributed by atoms with van der Waals surface area (Å²) in [5.74, 6) is -1.48. The minimum Gasteiger partial charge on any atom is -0.478 e. The molecule has 18 heavy (non-hydrogen) atoms. The Morgan fingerprint density at radius 1 is 1.17 bits per heavy atom. The highest BCUT2D eigenvalue weighted by atomic mass is 16.4. The summed E-state index contributed by atoms with van der Waals surface area (Å²) in [6.45, 7) is 0. The van der Waals surface area contributed by atoms with Crippen molar-refractivity contribution in [3.8, 4) is 0 Å². The molecular formula is C14H17NO3. The molecular weight excluding hydrogens is 230 g/mol. The molecule has 0 aromatic heterocycles. The maximum atomic E-state index is 11.5. The van der Waals surface area contributed by atoms with Gasteiger partial charge in [-0.2, -0.15) is 0 Å². The number of hydrogen-bond donors (Lipinski definition) is 2. The maximum absolute atomic E-state index is 11.5. The van der Waals surface area contributed by atoms with E-state index in [0.29, 0.717) is 0 Å². The van der Waals surface area contributed by atoms with E-state index in [1.807, 2.05) is 6.07 Å². The standard InChI is InChI=1S/C14H17NO3/c15-13(16)12-10(9-5-2-1-3-6-9)7-4-8-11(12)14(17)18/h4,7-9H,1-3,5-6H2,(H2,15,16)(H,17,18). The van der Waals surface area contributed by atoms with Crippen molar-refractivity contribution in [3.05, 3.63) is 34.9 Å². The van der Waals surface area contributed by atoms with Gasteiger partial charge in [-0.15, -0.1) is 0 Å². The van der Waals surface area contributed by atoms with Crippen LogP contribution in [0.1, 0.15) is 64.3 Å². The van der Waals surface area contributed by atoms with Crippen molar-refractivity contribution in [3.63, 3.8) is 0 Å². The molecule has 2 rings (SSSR count). The zero-order chi connectivity index (χ0) is 13.1. The molecule has 0 spiro atoms. The predicted octanol–water partition coefficient (Wildman–Crippen LogP) is 2.53. The van der Waals surface area contributed by atoms with E-state index in [2.05, 4.69) is 0 Å². The summed E-state index contributed by atoms with van der Waals surface area (Å²) in [5.41, 5.74) is 6.38. The van der Waals surface area contributed by atoms with Gasteiger partial charge >= 0.3 is 5.97 Å². The molecule has 1 aliphatic carbocycles. The predicted molar refractivity (Wildman–Crippen MR) is 67.7 cm³/mol. The third-order valence-electron chi connectivity index (χ3n) is 3.62. The minimum absolute atomic E-state index is 0.0190. The van der Waals surface area contributed by atoms with E-state index in [0.717, 1.165) is 31.2 Å². The molecule has 0 radical (unpaired) electrons. The molecule has 1 aromatic rings. The van der Waals surface area contributed by atoms with Gasteiger partial charge in [-0.1, -0.05) is 31.4 Å². The molecule has 0 heterocycles. The zero-order valence-electron chi connectivity index (χ0n) is 10.2. The first-order valence-corrected chi connectivity index (χ1v) is 6.27. The fourth-order valence-electron chi connectivity index (χ4n) is 2.78. The highest BCUT2D eigenvalue weighted by Crippen LogP contribution is 2.35. The second-order valence-electron chi connectivity index (χ2n) is 4.77. The number of amides is 1. The van der Waals surface area contributed by atoms with Crippen molar-refractivity contribution < 1.29 is 14.7 Å². The first kappa shape index (κ1) is 12.6. The van der Waals surface area contributed by atoms with E-state index in [1.165, 1.54) is 12.5 Å². The van der Waals surface area contributed by atoms with Crippen LogP contribution in [0, 0.1) is 0 Å². The zero-order valence-corrected chi connectivity index (χ0v) is 10.2. The second kappa shape index (κ2) is 5.21. The molecule has 3 N–H and O–H groups in total. The number of benzene rings is 1. The third kappa shape index (κ3) is 2.37. The summed E-state index contributed by atoms with van der Waals surface area (Å²) in [5, 5.41) is 9.13. The first-order chi connectivity index (χ1) is 8.61. The van der Waals surface area contributed by atoms with Crippen molar-refractivity contribution in [1.29, 1.82) is 0 Å². The summed E-state index contributed by atoms with van der Waals surface area (Å²) >= 11 is 0. The Bertz CT molecular complexity index is 476. The van der Waals surface area contributed by atoms with Crippen molar-refractivity contribution >= 4 is 11.9 Å². The van der Waals surface area contributed by atoms with Gasteiger partial charge in [0.05, 0.1) is 11.1 Å². The molecule has 96 valence electrons. The lowest BCUT2D eigenvalue weighted by Crippen LogP contribution is -2.21. The van der Waals surface area contributed by atoms with E-state index in [9.17, 15) is 9.59 Å². The molecule has 1 saturated carbocycles. The summed E-state index contributed by atoms with van der Waals surface area (Å²) in [6.07, 6.45) is 5.47. The van der Waals surface area contributed by atoms with Crippen molar-refractivity contribution in [2.24, 2.45) is 5.73 Å². The van der Waals surface area contributed by atoms with E-state index < -0.39 is 11.9 Å². The lowest BCUT2D eigenvalue weighted by atomic mass is 9.81. The number of carbonyl (C=O) groups excluding carboxylic acids is 1. The van der Waals surface area contributed by atoms with Crippen LogP contribution in [-0.4, -0.2) is 17.0 Å². The van der Waals surface area contributed by atoms with Gasteiger partial charge in [0.25, 0.3) is 0 Å². The average molecular weight is 247 g/mol. The van der Waals surface area contributed by atoms with Crippen LogP contribution in [-0.2, 0) is 0 Å². The number of primary amides is 1. The molecule has 0 aliphatic heterocycles. The number of carboxylic acid groups (broad SMARTS) is 1. The molecule has 1 fully saturated rings. The summed E-state index contributed by atoms with van der Waals surface area (Å²) in [6, 6.07) is 4.97. The number of aromatic carboxylic acids is 1. The van der Waals surface area contributed by atoms with E-state index in [-0.39, 0.29) is 17.0 Å². The molecule has 0 bridgehead atoms. The Morgan fingerprint density at radius 3 is 2.39 bits per heavy atom. The van der Waals surface area contributed by atoms with Crippen molar-refractivity contribution in [2.45, 2.75) is 38.0 Å². The molecule has 0 atom stereocenters. The molecule has 1 aliphatic rings. The minimum atomic E-state index is -1.10. The van der Waals surface area contributed by atoms with Crippen LogP contribution in [0.25, 0.3) is 0 Å². The van der Waals surface area contributed by atoms with Gasteiger partial charge in [-0.05, 0) is 30.4 Å². The third-order valence-corrected chi connectivity index (χ3v) is 3.62. The van der Waals surface area contributed by atoms with Gasteiger partial charge in [0, 0.05) is 0 Å². The lowest BCUT2D eigenvalue weighted by Gasteiger charge is -2.24. The maximum Gasteiger partial charge on any atom is 0.336 e. The number of hydrogen-bond acceptors (Lipinski definition) is 2. The van der Waals surface area contributed by atoms with Crippen LogP contribution < -0.4 is 5.73 Å². The molecule has 4 nitrogen and oxygen atoms in total. The molecule has 1 amide bonds. The Kier molecular flexibility index (Phi) is 3.65. The van der Waals surface area contributed by atoms with Crippen LogP contribution in [0.5, 0.6) is 0 Å². The van der Waals surface area contributed by atoms with Crippen molar-refractivity contribution in [1.82, 2.24) is 0 Å². The molecule has 0 saturated heterocycles. The van der Waals surface area contributed by atoms with Crippen LogP contribution >= 0.6 is 0 Å². The highest BCUT2D eigenvalue weighted by molar-refractivity contribution is 6.05. The molecule has 0 unspecified atom stereocenters. The summed E-state index contributed by atoms with van der Waals surface area (Å²) < 4.78 is 0.